The number of allylic oxidation sites excluding steroid dienone is 2. The molecular weight excluding hydrogens is 722 g/mol. The van der Waals surface area contributed by atoms with E-state index in [1.807, 2.05) is 6.92 Å². The maximum absolute atomic E-state index is 13.2. The Balaban J connectivity index is 2.01. The Morgan fingerprint density at radius 3 is 2.24 bits per heavy atom. The Kier molecular flexibility index (Phi) is 17.9. The zero-order valence-electron chi connectivity index (χ0n) is 33.8. The number of likely N-dealkylation sites (N-methyl/N-ethyl adjacent to an activating group) is 1. The summed E-state index contributed by atoms with van der Waals surface area (Å²) in [6.07, 6.45) is -4.26. The fraction of sp³-hybridized carbons (Fsp3) is 0.795. The highest BCUT2D eigenvalue weighted by Gasteiger charge is 2.52. The molecule has 16 nitrogen and oxygen atoms in total. The SMILES string of the molecule is CO[C@@H]1[C@@H](O[C@@H]2O[C@@H](C)[C@H](O[C@H]3C[C@](C)(O)[C@H](OC(C)=O)[C@@H](C)O3)[C@@H](N(C)C)[C@@H]2O)[C@@H](CC=O)C[C@H](C)[C@@H](O)/C=C/C=C/C[C@H](C)OC(=O)C[C@H]1OC(C)=O. The van der Waals surface area contributed by atoms with Crippen LogP contribution in [0, 0.1) is 11.8 Å². The Labute approximate surface area is 324 Å². The van der Waals surface area contributed by atoms with Gasteiger partial charge >= 0.3 is 17.9 Å². The van der Waals surface area contributed by atoms with Crippen molar-refractivity contribution in [3.8, 4) is 0 Å². The van der Waals surface area contributed by atoms with E-state index in [1.54, 1.807) is 64.1 Å². The molecule has 0 bridgehead atoms. The smallest absolute Gasteiger partial charge is 0.309 e. The summed E-state index contributed by atoms with van der Waals surface area (Å²) in [6.45, 7) is 10.9. The molecule has 55 heavy (non-hydrogen) atoms. The van der Waals surface area contributed by atoms with Crippen molar-refractivity contribution < 1.29 is 72.4 Å². The summed E-state index contributed by atoms with van der Waals surface area (Å²) in [5.74, 6) is -3.01. The van der Waals surface area contributed by atoms with Gasteiger partial charge in [0.25, 0.3) is 0 Å². The lowest BCUT2D eigenvalue weighted by molar-refractivity contribution is -0.344. The van der Waals surface area contributed by atoms with Crippen molar-refractivity contribution in [3.63, 3.8) is 0 Å². The molecule has 16 atom stereocenters. The van der Waals surface area contributed by atoms with Crippen molar-refractivity contribution in [2.24, 2.45) is 11.8 Å². The average Bonchev–Trinajstić information content (AvgIpc) is 3.06. The van der Waals surface area contributed by atoms with E-state index in [2.05, 4.69) is 0 Å². The molecule has 0 radical (unpaired) electrons. The molecule has 0 amide bonds. The molecule has 314 valence electrons. The van der Waals surface area contributed by atoms with Crippen LogP contribution in [0.25, 0.3) is 0 Å². The molecule has 3 rings (SSSR count). The number of hydrogen-bond donors (Lipinski definition) is 3. The monoisotopic (exact) mass is 785 g/mol. The van der Waals surface area contributed by atoms with E-state index in [9.17, 15) is 34.5 Å². The van der Waals surface area contributed by atoms with Gasteiger partial charge in [-0.3, -0.25) is 14.4 Å². The second kappa shape index (κ2) is 21.1. The van der Waals surface area contributed by atoms with Gasteiger partial charge in [-0.25, -0.2) is 0 Å². The van der Waals surface area contributed by atoms with Crippen molar-refractivity contribution in [1.29, 1.82) is 0 Å². The predicted molar refractivity (Wildman–Crippen MR) is 196 cm³/mol. The second-order valence-electron chi connectivity index (χ2n) is 15.5. The first kappa shape index (κ1) is 46.6. The molecule has 3 aliphatic heterocycles. The van der Waals surface area contributed by atoms with Crippen molar-refractivity contribution in [2.75, 3.05) is 21.2 Å². The molecule has 0 unspecified atom stereocenters. The summed E-state index contributed by atoms with van der Waals surface area (Å²) in [4.78, 5) is 51.3. The van der Waals surface area contributed by atoms with Gasteiger partial charge in [0.1, 0.15) is 42.4 Å². The Morgan fingerprint density at radius 1 is 0.982 bits per heavy atom. The first-order chi connectivity index (χ1) is 25.8. The van der Waals surface area contributed by atoms with Crippen molar-refractivity contribution in [1.82, 2.24) is 4.90 Å². The van der Waals surface area contributed by atoms with Gasteiger partial charge in [-0.15, -0.1) is 0 Å². The molecule has 3 N–H and O–H groups in total. The maximum atomic E-state index is 13.2. The number of ether oxygens (including phenoxy) is 8. The number of carbonyl (C=O) groups excluding carboxylic acids is 4. The molecule has 3 heterocycles. The number of nitrogens with zero attached hydrogens (tertiary/aromatic N) is 1. The van der Waals surface area contributed by atoms with Gasteiger partial charge in [0, 0.05) is 40.2 Å². The Morgan fingerprint density at radius 2 is 1.65 bits per heavy atom. The topological polar surface area (TPSA) is 206 Å². The fourth-order valence-corrected chi connectivity index (χ4v) is 7.73. The summed E-state index contributed by atoms with van der Waals surface area (Å²) in [6, 6.07) is -0.778. The molecule has 16 heteroatoms. The number of methoxy groups -OCH3 is 1. The molecule has 3 aliphatic rings. The number of aliphatic hydroxyl groups excluding tert-OH is 2. The Hall–Kier alpha value is -2.80. The summed E-state index contributed by atoms with van der Waals surface area (Å²) in [5.41, 5.74) is -1.49. The van der Waals surface area contributed by atoms with E-state index in [4.69, 9.17) is 37.9 Å². The summed E-state index contributed by atoms with van der Waals surface area (Å²) < 4.78 is 48.0. The lowest BCUT2D eigenvalue weighted by atomic mass is 9.82. The number of hydrogen-bond acceptors (Lipinski definition) is 16. The van der Waals surface area contributed by atoms with E-state index in [-0.39, 0.29) is 19.3 Å². The number of carbonyl (C=O) groups is 4. The fourth-order valence-electron chi connectivity index (χ4n) is 7.73. The minimum Gasteiger partial charge on any atom is -0.462 e. The maximum Gasteiger partial charge on any atom is 0.309 e. The van der Waals surface area contributed by atoms with Gasteiger partial charge in [-0.05, 0) is 60.0 Å². The molecule has 0 aliphatic carbocycles. The second-order valence-corrected chi connectivity index (χ2v) is 15.5. The molecule has 0 spiro atoms. The highest BCUT2D eigenvalue weighted by Crippen LogP contribution is 2.37. The van der Waals surface area contributed by atoms with Gasteiger partial charge in [-0.2, -0.15) is 0 Å². The van der Waals surface area contributed by atoms with Gasteiger partial charge in [0.05, 0.1) is 36.9 Å². The largest absolute Gasteiger partial charge is 0.462 e. The highest BCUT2D eigenvalue weighted by molar-refractivity contribution is 5.72. The number of esters is 3. The molecule has 0 aromatic carbocycles. The van der Waals surface area contributed by atoms with Crippen molar-refractivity contribution >= 4 is 24.2 Å². The molecule has 0 aromatic rings. The minimum atomic E-state index is -1.49. The van der Waals surface area contributed by atoms with E-state index in [0.717, 1.165) is 0 Å². The molecule has 2 saturated heterocycles. The van der Waals surface area contributed by atoms with Crippen LogP contribution in [0.15, 0.2) is 24.3 Å². The molecule has 0 saturated carbocycles. The zero-order valence-corrected chi connectivity index (χ0v) is 33.8. The summed E-state index contributed by atoms with van der Waals surface area (Å²) in [7, 11) is 4.84. The third-order valence-electron chi connectivity index (χ3n) is 10.4. The third-order valence-corrected chi connectivity index (χ3v) is 10.4. The highest BCUT2D eigenvalue weighted by atomic mass is 16.7. The summed E-state index contributed by atoms with van der Waals surface area (Å²) in [5, 5.41) is 34.3. The normalized spacial score (nSPS) is 42.1. The van der Waals surface area contributed by atoms with Gasteiger partial charge < -0.3 is 62.9 Å². The molecular formula is C39H63NO15. The number of aldehydes is 1. The molecule has 0 aromatic heterocycles. The van der Waals surface area contributed by atoms with Crippen LogP contribution < -0.4 is 0 Å². The standard InChI is InChI=1S/C39H63NO15/c1-21-18-27(16-17-41)35(36(48-10)29(52-25(5)42)19-30(45)49-22(2)14-12-11-13-15-28(21)44)55-38-33(46)32(40(8)9)34(23(3)51-38)54-31-20-39(7,47)37(24(4)50-31)53-26(6)43/h11-13,15,17,21-24,27-29,31-38,44,46-47H,14,16,18-20H2,1-10H3/b12-11+,15-13+/t21-,22-,23-,24+,27-,28-,29+,31-,32-,33-,34-,35-,36-,37+,38-,39-/m0/s1. The number of aliphatic hydroxyl groups is 3. The van der Waals surface area contributed by atoms with E-state index >= 15 is 0 Å². The van der Waals surface area contributed by atoms with Crippen molar-refractivity contribution in [3.05, 3.63) is 24.3 Å². The minimum absolute atomic E-state index is 0.0477. The number of cyclic esters (lactones) is 1. The predicted octanol–water partition coefficient (Wildman–Crippen LogP) is 1.99. The quantitative estimate of drug-likeness (QED) is 0.165. The van der Waals surface area contributed by atoms with Crippen LogP contribution in [0.5, 0.6) is 0 Å². The van der Waals surface area contributed by atoms with Gasteiger partial charge in [-0.1, -0.05) is 31.2 Å². The Bertz CT molecular complexity index is 1320. The summed E-state index contributed by atoms with van der Waals surface area (Å²) >= 11 is 0. The van der Waals surface area contributed by atoms with Gasteiger partial charge in [0.2, 0.25) is 0 Å². The number of rotatable bonds is 10. The lowest BCUT2D eigenvalue weighted by Gasteiger charge is -2.50. The molecule has 2 fully saturated rings. The van der Waals surface area contributed by atoms with Crippen LogP contribution in [0.4, 0.5) is 0 Å². The first-order valence-corrected chi connectivity index (χ1v) is 19.0. The van der Waals surface area contributed by atoms with Gasteiger partial charge in [0.15, 0.2) is 18.7 Å². The van der Waals surface area contributed by atoms with Crippen LogP contribution in [-0.4, -0.2) is 151 Å². The van der Waals surface area contributed by atoms with Crippen LogP contribution in [0.2, 0.25) is 0 Å². The average molecular weight is 786 g/mol. The lowest BCUT2D eigenvalue weighted by Crippen LogP contribution is -2.66. The van der Waals surface area contributed by atoms with Crippen LogP contribution in [0.3, 0.4) is 0 Å². The first-order valence-electron chi connectivity index (χ1n) is 19.0. The van der Waals surface area contributed by atoms with Crippen LogP contribution >= 0.6 is 0 Å². The van der Waals surface area contributed by atoms with E-state index in [1.165, 1.54) is 27.9 Å². The third kappa shape index (κ3) is 13.1. The van der Waals surface area contributed by atoms with Crippen LogP contribution in [0.1, 0.15) is 80.6 Å². The van der Waals surface area contributed by atoms with Crippen LogP contribution in [-0.2, 0) is 57.1 Å². The zero-order chi connectivity index (χ0) is 41.2. The van der Waals surface area contributed by atoms with E-state index < -0.39 is 121 Å². The van der Waals surface area contributed by atoms with E-state index in [0.29, 0.717) is 12.7 Å². The van der Waals surface area contributed by atoms with Crippen molar-refractivity contribution in [2.45, 2.75) is 166 Å².